The van der Waals surface area contributed by atoms with Gasteiger partial charge in [0.05, 0.1) is 30.8 Å². The molecule has 0 spiro atoms. The van der Waals surface area contributed by atoms with Crippen LogP contribution in [-0.2, 0) is 14.8 Å². The Kier molecular flexibility index (Phi) is 7.73. The number of benzene rings is 2. The number of halogens is 1. The minimum atomic E-state index is -3.94. The van der Waals surface area contributed by atoms with Crippen molar-refractivity contribution in [3.05, 3.63) is 59.4 Å². The number of aliphatic hydroxyl groups is 1. The lowest BCUT2D eigenvalue weighted by molar-refractivity contribution is 0.0309. The molecule has 2 aromatic carbocycles. The summed E-state index contributed by atoms with van der Waals surface area (Å²) in [5.41, 5.74) is 1.83. The van der Waals surface area contributed by atoms with E-state index in [4.69, 9.17) is 14.6 Å². The van der Waals surface area contributed by atoms with Gasteiger partial charge in [0.25, 0.3) is 0 Å². The predicted molar refractivity (Wildman–Crippen MR) is 99.7 cm³/mol. The zero-order valence-corrected chi connectivity index (χ0v) is 16.1. The van der Waals surface area contributed by atoms with Crippen LogP contribution in [0, 0.1) is 12.7 Å². The molecular formula is C19H24FNO5S. The topological polar surface area (TPSA) is 84.9 Å². The zero-order chi connectivity index (χ0) is 19.9. The Morgan fingerprint density at radius 3 is 2.48 bits per heavy atom. The maximum atomic E-state index is 14.0. The quantitative estimate of drug-likeness (QED) is 0.644. The van der Waals surface area contributed by atoms with E-state index in [0.29, 0.717) is 0 Å². The SMILES string of the molecule is CCOc1ccc(S(=O)(=O)NC[C@@H](OCCO)c2ccc(C)cc2)cc1F. The van der Waals surface area contributed by atoms with Crippen molar-refractivity contribution in [3.8, 4) is 5.75 Å². The molecule has 0 saturated heterocycles. The predicted octanol–water partition coefficient (Wildman–Crippen LogP) is 2.56. The number of hydrogen-bond donors (Lipinski definition) is 2. The highest BCUT2D eigenvalue weighted by Crippen LogP contribution is 2.22. The summed E-state index contributed by atoms with van der Waals surface area (Å²) < 4.78 is 52.0. The first-order chi connectivity index (χ1) is 12.9. The van der Waals surface area contributed by atoms with Crippen molar-refractivity contribution in [2.24, 2.45) is 0 Å². The van der Waals surface area contributed by atoms with E-state index >= 15 is 0 Å². The molecule has 0 saturated carbocycles. The maximum absolute atomic E-state index is 14.0. The minimum Gasteiger partial charge on any atom is -0.491 e. The molecule has 27 heavy (non-hydrogen) atoms. The highest BCUT2D eigenvalue weighted by atomic mass is 32.2. The van der Waals surface area contributed by atoms with Gasteiger partial charge < -0.3 is 14.6 Å². The van der Waals surface area contributed by atoms with Gasteiger partial charge in [-0.05, 0) is 37.6 Å². The second-order valence-electron chi connectivity index (χ2n) is 5.87. The van der Waals surface area contributed by atoms with Crippen LogP contribution in [0.15, 0.2) is 47.4 Å². The van der Waals surface area contributed by atoms with Gasteiger partial charge in [-0.25, -0.2) is 17.5 Å². The molecule has 0 heterocycles. The molecule has 0 radical (unpaired) electrons. The summed E-state index contributed by atoms with van der Waals surface area (Å²) in [5.74, 6) is -0.744. The normalized spacial score (nSPS) is 12.7. The number of sulfonamides is 1. The van der Waals surface area contributed by atoms with Crippen LogP contribution < -0.4 is 9.46 Å². The van der Waals surface area contributed by atoms with Crippen LogP contribution in [0.25, 0.3) is 0 Å². The molecule has 6 nitrogen and oxygen atoms in total. The Bertz CT molecular complexity index is 840. The molecule has 0 unspecified atom stereocenters. The Morgan fingerprint density at radius 2 is 1.89 bits per heavy atom. The van der Waals surface area contributed by atoms with Crippen LogP contribution in [0.1, 0.15) is 24.2 Å². The maximum Gasteiger partial charge on any atom is 0.240 e. The van der Waals surface area contributed by atoms with Crippen molar-refractivity contribution in [3.63, 3.8) is 0 Å². The van der Waals surface area contributed by atoms with Crippen molar-refractivity contribution in [2.75, 3.05) is 26.4 Å². The van der Waals surface area contributed by atoms with E-state index in [2.05, 4.69) is 4.72 Å². The number of nitrogens with one attached hydrogen (secondary N) is 1. The lowest BCUT2D eigenvalue weighted by atomic mass is 10.1. The Balaban J connectivity index is 2.14. The minimum absolute atomic E-state index is 0.000242. The zero-order valence-electron chi connectivity index (χ0n) is 15.3. The largest absolute Gasteiger partial charge is 0.491 e. The number of ether oxygens (including phenoxy) is 2. The van der Waals surface area contributed by atoms with Crippen LogP contribution in [0.4, 0.5) is 4.39 Å². The fraction of sp³-hybridized carbons (Fsp3) is 0.368. The first kappa shape index (κ1) is 21.3. The average Bonchev–Trinajstić information content (AvgIpc) is 2.64. The molecule has 1 atom stereocenters. The summed E-state index contributed by atoms with van der Waals surface area (Å²) in [6.07, 6.45) is -0.583. The Labute approximate surface area is 159 Å². The molecule has 0 aliphatic carbocycles. The Hall–Kier alpha value is -2.00. The van der Waals surface area contributed by atoms with Gasteiger partial charge in [0, 0.05) is 6.54 Å². The molecule has 0 fully saturated rings. The molecule has 0 aliphatic heterocycles. The first-order valence-corrected chi connectivity index (χ1v) is 10.1. The van der Waals surface area contributed by atoms with Gasteiger partial charge in [-0.15, -0.1) is 0 Å². The van der Waals surface area contributed by atoms with Crippen molar-refractivity contribution in [2.45, 2.75) is 24.8 Å². The standard InChI is InChI=1S/C19H24FNO5S/c1-3-25-18-9-8-16(12-17(18)20)27(23,24)21-13-19(26-11-10-22)15-6-4-14(2)5-7-15/h4-9,12,19,21-22H,3,10-11,13H2,1-2H3/t19-/m1/s1. The second kappa shape index (κ2) is 9.80. The van der Waals surface area contributed by atoms with E-state index in [-0.39, 0.29) is 37.0 Å². The van der Waals surface area contributed by atoms with Crippen LogP contribution in [0.5, 0.6) is 5.75 Å². The van der Waals surface area contributed by atoms with E-state index in [1.54, 1.807) is 6.92 Å². The summed E-state index contributed by atoms with van der Waals surface area (Å²) in [7, 11) is -3.94. The smallest absolute Gasteiger partial charge is 0.240 e. The fourth-order valence-corrected chi connectivity index (χ4v) is 3.48. The summed E-state index contributed by atoms with van der Waals surface area (Å²) in [6, 6.07) is 10.9. The number of hydrogen-bond acceptors (Lipinski definition) is 5. The van der Waals surface area contributed by atoms with Gasteiger partial charge in [-0.2, -0.15) is 0 Å². The molecule has 2 N–H and O–H groups in total. The summed E-state index contributed by atoms with van der Waals surface area (Å²) in [5, 5.41) is 9.00. The van der Waals surface area contributed by atoms with Gasteiger partial charge in [0.1, 0.15) is 0 Å². The van der Waals surface area contributed by atoms with Crippen LogP contribution >= 0.6 is 0 Å². The highest BCUT2D eigenvalue weighted by Gasteiger charge is 2.20. The average molecular weight is 397 g/mol. The van der Waals surface area contributed by atoms with Gasteiger partial charge in [0.15, 0.2) is 11.6 Å². The van der Waals surface area contributed by atoms with E-state index in [1.807, 2.05) is 31.2 Å². The van der Waals surface area contributed by atoms with E-state index in [1.165, 1.54) is 12.1 Å². The number of aryl methyl sites for hydroxylation is 1. The molecule has 2 rings (SSSR count). The lowest BCUT2D eigenvalue weighted by Crippen LogP contribution is -2.30. The lowest BCUT2D eigenvalue weighted by Gasteiger charge is -2.19. The third-order valence-corrected chi connectivity index (χ3v) is 5.25. The second-order valence-corrected chi connectivity index (χ2v) is 7.64. The van der Waals surface area contributed by atoms with Crippen molar-refractivity contribution in [1.29, 1.82) is 0 Å². The Morgan fingerprint density at radius 1 is 1.19 bits per heavy atom. The van der Waals surface area contributed by atoms with E-state index < -0.39 is 21.9 Å². The van der Waals surface area contributed by atoms with Crippen molar-refractivity contribution in [1.82, 2.24) is 4.72 Å². The number of aliphatic hydroxyl groups excluding tert-OH is 1. The molecule has 0 amide bonds. The molecule has 8 heteroatoms. The third kappa shape index (κ3) is 6.00. The molecule has 2 aromatic rings. The van der Waals surface area contributed by atoms with Crippen LogP contribution in [0.2, 0.25) is 0 Å². The van der Waals surface area contributed by atoms with Gasteiger partial charge in [-0.1, -0.05) is 29.8 Å². The summed E-state index contributed by atoms with van der Waals surface area (Å²) in [4.78, 5) is -0.201. The first-order valence-electron chi connectivity index (χ1n) is 8.58. The van der Waals surface area contributed by atoms with Crippen molar-refractivity contribution >= 4 is 10.0 Å². The van der Waals surface area contributed by atoms with Gasteiger partial charge in [0.2, 0.25) is 10.0 Å². The fourth-order valence-electron chi connectivity index (χ4n) is 2.44. The third-order valence-electron chi connectivity index (χ3n) is 3.83. The molecular weight excluding hydrogens is 373 g/mol. The molecule has 0 bridgehead atoms. The molecule has 148 valence electrons. The van der Waals surface area contributed by atoms with Crippen LogP contribution in [0.3, 0.4) is 0 Å². The van der Waals surface area contributed by atoms with Crippen LogP contribution in [-0.4, -0.2) is 39.9 Å². The van der Waals surface area contributed by atoms with Crippen molar-refractivity contribution < 1.29 is 27.4 Å². The molecule has 0 aromatic heterocycles. The summed E-state index contributed by atoms with van der Waals surface area (Å²) >= 11 is 0. The van der Waals surface area contributed by atoms with Gasteiger partial charge >= 0.3 is 0 Å². The highest BCUT2D eigenvalue weighted by molar-refractivity contribution is 7.89. The van der Waals surface area contributed by atoms with E-state index in [9.17, 15) is 12.8 Å². The van der Waals surface area contributed by atoms with Gasteiger partial charge in [-0.3, -0.25) is 0 Å². The number of rotatable bonds is 10. The molecule has 0 aliphatic rings. The summed E-state index contributed by atoms with van der Waals surface area (Å²) in [6.45, 7) is 3.76. The monoisotopic (exact) mass is 397 g/mol. The van der Waals surface area contributed by atoms with E-state index in [0.717, 1.165) is 17.2 Å².